The zero-order valence-electron chi connectivity index (χ0n) is 8.13. The third-order valence-corrected chi connectivity index (χ3v) is 2.57. The largest absolute Gasteiger partial charge is 0.323 e. The molecule has 0 saturated heterocycles. The lowest BCUT2D eigenvalue weighted by atomic mass is 10.1. The van der Waals surface area contributed by atoms with Gasteiger partial charge in [0.25, 0.3) is 0 Å². The summed E-state index contributed by atoms with van der Waals surface area (Å²) in [4.78, 5) is 4.14. The summed E-state index contributed by atoms with van der Waals surface area (Å²) >= 11 is 11.7. The van der Waals surface area contributed by atoms with E-state index in [0.717, 1.165) is 25.0 Å². The van der Waals surface area contributed by atoms with Crippen LogP contribution >= 0.6 is 23.2 Å². The molecule has 0 fully saturated rings. The zero-order valence-corrected chi connectivity index (χ0v) is 9.65. The molecule has 4 heteroatoms. The molecular formula is C10H14Cl2N2. The maximum atomic E-state index is 5.98. The fourth-order valence-corrected chi connectivity index (χ4v) is 1.78. The summed E-state index contributed by atoms with van der Waals surface area (Å²) in [6.45, 7) is 2.13. The summed E-state index contributed by atoms with van der Waals surface area (Å²) in [6.07, 6.45) is 4.69. The lowest BCUT2D eigenvalue weighted by molar-refractivity contribution is 0.591. The Hall–Kier alpha value is -0.310. The van der Waals surface area contributed by atoms with Gasteiger partial charge in [-0.3, -0.25) is 4.98 Å². The average Bonchev–Trinajstić information content (AvgIpc) is 2.14. The molecule has 14 heavy (non-hydrogen) atoms. The van der Waals surface area contributed by atoms with Crippen molar-refractivity contribution in [2.24, 2.45) is 5.73 Å². The van der Waals surface area contributed by atoms with E-state index in [-0.39, 0.29) is 6.04 Å². The Labute approximate surface area is 94.4 Å². The van der Waals surface area contributed by atoms with Crippen LogP contribution in [0.2, 0.25) is 10.0 Å². The first kappa shape index (κ1) is 11.8. The quantitative estimate of drug-likeness (QED) is 0.863. The van der Waals surface area contributed by atoms with Gasteiger partial charge >= 0.3 is 0 Å². The molecule has 2 N–H and O–H groups in total. The van der Waals surface area contributed by atoms with Gasteiger partial charge in [-0.05, 0) is 12.5 Å². The Balaban J connectivity index is 2.74. The molecule has 0 aliphatic carbocycles. The lowest BCUT2D eigenvalue weighted by Gasteiger charge is -2.11. The second-order valence-corrected chi connectivity index (χ2v) is 4.11. The summed E-state index contributed by atoms with van der Waals surface area (Å²) in [6, 6.07) is 1.59. The monoisotopic (exact) mass is 232 g/mol. The number of aromatic nitrogens is 1. The standard InChI is InChI=1S/C10H14Cl2N2/c1-2-3-4-9(13)10-8(12)5-7(11)6-14-10/h5-6,9H,2-4,13H2,1H3/t9-/m0/s1. The molecule has 0 aliphatic heterocycles. The van der Waals surface area contributed by atoms with Crippen LogP contribution in [0.3, 0.4) is 0 Å². The van der Waals surface area contributed by atoms with Crippen molar-refractivity contribution in [2.75, 3.05) is 0 Å². The van der Waals surface area contributed by atoms with Crippen molar-refractivity contribution >= 4 is 23.2 Å². The highest BCUT2D eigenvalue weighted by molar-refractivity contribution is 6.34. The molecule has 0 bridgehead atoms. The maximum absolute atomic E-state index is 5.98. The molecule has 1 aromatic rings. The molecule has 78 valence electrons. The minimum atomic E-state index is -0.0836. The summed E-state index contributed by atoms with van der Waals surface area (Å²) in [5, 5.41) is 1.10. The molecular weight excluding hydrogens is 219 g/mol. The first-order valence-corrected chi connectivity index (χ1v) is 5.47. The molecule has 1 heterocycles. The minimum Gasteiger partial charge on any atom is -0.323 e. The van der Waals surface area contributed by atoms with Crippen molar-refractivity contribution in [3.05, 3.63) is 28.0 Å². The van der Waals surface area contributed by atoms with Gasteiger partial charge in [-0.15, -0.1) is 0 Å². The van der Waals surface area contributed by atoms with Crippen LogP contribution in [0.15, 0.2) is 12.3 Å². The number of hydrogen-bond donors (Lipinski definition) is 1. The van der Waals surface area contributed by atoms with E-state index in [1.165, 1.54) is 0 Å². The SMILES string of the molecule is CCCC[C@H](N)c1ncc(Cl)cc1Cl. The summed E-state index contributed by atoms with van der Waals surface area (Å²) < 4.78 is 0. The number of pyridine rings is 1. The Morgan fingerprint density at radius 2 is 2.21 bits per heavy atom. The van der Waals surface area contributed by atoms with Crippen LogP contribution in [-0.4, -0.2) is 4.98 Å². The highest BCUT2D eigenvalue weighted by Crippen LogP contribution is 2.25. The van der Waals surface area contributed by atoms with Crippen LogP contribution in [-0.2, 0) is 0 Å². The highest BCUT2D eigenvalue weighted by atomic mass is 35.5. The van der Waals surface area contributed by atoms with Crippen LogP contribution in [0.1, 0.15) is 37.9 Å². The van der Waals surface area contributed by atoms with E-state index >= 15 is 0 Å². The van der Waals surface area contributed by atoms with Gasteiger partial charge in [-0.2, -0.15) is 0 Å². The van der Waals surface area contributed by atoms with E-state index < -0.39 is 0 Å². The number of unbranched alkanes of at least 4 members (excludes halogenated alkanes) is 1. The molecule has 0 spiro atoms. The fourth-order valence-electron chi connectivity index (χ4n) is 1.26. The first-order chi connectivity index (χ1) is 6.65. The fraction of sp³-hybridized carbons (Fsp3) is 0.500. The topological polar surface area (TPSA) is 38.9 Å². The predicted molar refractivity (Wildman–Crippen MR) is 60.7 cm³/mol. The van der Waals surface area contributed by atoms with Gasteiger partial charge in [0.15, 0.2) is 0 Å². The van der Waals surface area contributed by atoms with Crippen molar-refractivity contribution in [1.29, 1.82) is 0 Å². The van der Waals surface area contributed by atoms with Crippen LogP contribution in [0.5, 0.6) is 0 Å². The average molecular weight is 233 g/mol. The third-order valence-electron chi connectivity index (χ3n) is 2.06. The van der Waals surface area contributed by atoms with Crippen molar-refractivity contribution in [1.82, 2.24) is 4.98 Å². The van der Waals surface area contributed by atoms with E-state index in [1.54, 1.807) is 12.3 Å². The van der Waals surface area contributed by atoms with E-state index in [4.69, 9.17) is 28.9 Å². The number of halogens is 2. The molecule has 0 amide bonds. The highest BCUT2D eigenvalue weighted by Gasteiger charge is 2.11. The zero-order chi connectivity index (χ0) is 10.6. The number of nitrogens with zero attached hydrogens (tertiary/aromatic N) is 1. The van der Waals surface area contributed by atoms with E-state index in [2.05, 4.69) is 11.9 Å². The van der Waals surface area contributed by atoms with Gasteiger partial charge in [0.1, 0.15) is 0 Å². The second kappa shape index (κ2) is 5.54. The van der Waals surface area contributed by atoms with Crippen LogP contribution in [0.4, 0.5) is 0 Å². The molecule has 1 rings (SSSR count). The third kappa shape index (κ3) is 3.12. The molecule has 1 aromatic heterocycles. The van der Waals surface area contributed by atoms with Crippen LogP contribution in [0, 0.1) is 0 Å². The van der Waals surface area contributed by atoms with Gasteiger partial charge in [-0.25, -0.2) is 0 Å². The van der Waals surface area contributed by atoms with Gasteiger partial charge < -0.3 is 5.73 Å². The summed E-state index contributed by atoms with van der Waals surface area (Å²) in [7, 11) is 0. The van der Waals surface area contributed by atoms with E-state index in [0.29, 0.717) is 10.0 Å². The lowest BCUT2D eigenvalue weighted by Crippen LogP contribution is -2.12. The van der Waals surface area contributed by atoms with E-state index in [9.17, 15) is 0 Å². The number of rotatable bonds is 4. The maximum Gasteiger partial charge on any atom is 0.0757 e. The van der Waals surface area contributed by atoms with Crippen LogP contribution < -0.4 is 5.73 Å². The minimum absolute atomic E-state index is 0.0836. The molecule has 0 aliphatic rings. The van der Waals surface area contributed by atoms with Crippen LogP contribution in [0.25, 0.3) is 0 Å². The summed E-state index contributed by atoms with van der Waals surface area (Å²) in [5.74, 6) is 0. The molecule has 0 radical (unpaired) electrons. The number of hydrogen-bond acceptors (Lipinski definition) is 2. The molecule has 1 atom stereocenters. The second-order valence-electron chi connectivity index (χ2n) is 3.27. The van der Waals surface area contributed by atoms with Crippen molar-refractivity contribution in [2.45, 2.75) is 32.2 Å². The van der Waals surface area contributed by atoms with Gasteiger partial charge in [0.05, 0.1) is 15.7 Å². The van der Waals surface area contributed by atoms with E-state index in [1.807, 2.05) is 0 Å². The molecule has 0 saturated carbocycles. The number of nitrogens with two attached hydrogens (primary N) is 1. The molecule has 0 unspecified atom stereocenters. The Morgan fingerprint density at radius 1 is 1.50 bits per heavy atom. The predicted octanol–water partition coefficient (Wildman–Crippen LogP) is 3.58. The van der Waals surface area contributed by atoms with Gasteiger partial charge in [-0.1, -0.05) is 43.0 Å². The summed E-state index contributed by atoms with van der Waals surface area (Å²) in [5.41, 5.74) is 6.68. The molecule has 0 aromatic carbocycles. The van der Waals surface area contributed by atoms with Crippen molar-refractivity contribution in [3.63, 3.8) is 0 Å². The Kier molecular flexibility index (Phi) is 4.66. The normalized spacial score (nSPS) is 12.9. The smallest absolute Gasteiger partial charge is 0.0757 e. The van der Waals surface area contributed by atoms with Crippen molar-refractivity contribution < 1.29 is 0 Å². The van der Waals surface area contributed by atoms with Gasteiger partial charge in [0.2, 0.25) is 0 Å². The first-order valence-electron chi connectivity index (χ1n) is 4.71. The Bertz CT molecular complexity index is 302. The van der Waals surface area contributed by atoms with Crippen molar-refractivity contribution in [3.8, 4) is 0 Å². The Morgan fingerprint density at radius 3 is 2.79 bits per heavy atom. The molecule has 2 nitrogen and oxygen atoms in total. The van der Waals surface area contributed by atoms with Gasteiger partial charge in [0, 0.05) is 12.2 Å².